The number of dihydropyridines is 1. The molecule has 0 aromatic rings. The Morgan fingerprint density at radius 2 is 1.83 bits per heavy atom. The van der Waals surface area contributed by atoms with Crippen molar-refractivity contribution in [3.8, 4) is 0 Å². The van der Waals surface area contributed by atoms with Gasteiger partial charge in [0, 0.05) is 23.0 Å². The van der Waals surface area contributed by atoms with Gasteiger partial charge in [0.15, 0.2) is 6.29 Å². The molecule has 1 saturated heterocycles. The number of nitrogens with one attached hydrogen (secondary N) is 2. The van der Waals surface area contributed by atoms with Gasteiger partial charge in [-0.2, -0.15) is 0 Å². The zero-order chi connectivity index (χ0) is 13.1. The van der Waals surface area contributed by atoms with Crippen molar-refractivity contribution in [2.24, 2.45) is 0 Å². The molecule has 4 nitrogen and oxygen atoms in total. The van der Waals surface area contributed by atoms with Crippen molar-refractivity contribution in [1.82, 2.24) is 10.6 Å². The summed E-state index contributed by atoms with van der Waals surface area (Å²) in [6.45, 7) is 9.51. The molecule has 2 N–H and O–H groups in total. The van der Waals surface area contributed by atoms with Crippen LogP contribution < -0.4 is 10.6 Å². The predicted octanol–water partition coefficient (Wildman–Crippen LogP) is 2.02. The van der Waals surface area contributed by atoms with E-state index < -0.39 is 0 Å². The van der Waals surface area contributed by atoms with Crippen molar-refractivity contribution in [2.45, 2.75) is 40.2 Å². The van der Waals surface area contributed by atoms with Gasteiger partial charge in [0.2, 0.25) is 0 Å². The maximum absolute atomic E-state index is 5.60. The number of hydrogen-bond acceptors (Lipinski definition) is 4. The Kier molecular flexibility index (Phi) is 4.09. The summed E-state index contributed by atoms with van der Waals surface area (Å²) in [6.07, 6.45) is 4.16. The second-order valence-electron chi connectivity index (χ2n) is 4.34. The maximum atomic E-state index is 5.60. The molecule has 1 unspecified atom stereocenters. The van der Waals surface area contributed by atoms with E-state index in [0.29, 0.717) is 13.2 Å². The van der Waals surface area contributed by atoms with E-state index in [4.69, 9.17) is 9.47 Å². The average Bonchev–Trinajstić information content (AvgIpc) is 3.00. The third-order valence-corrected chi connectivity index (χ3v) is 3.11. The molecule has 0 amide bonds. The molecule has 0 aliphatic carbocycles. The van der Waals surface area contributed by atoms with Crippen LogP contribution in [0.3, 0.4) is 0 Å². The SMILES string of the molecule is CC.CC1=CC2=C(C3OCCO3)C(C)=CNC2N1. The molecule has 4 heteroatoms. The largest absolute Gasteiger partial charge is 0.367 e. The number of fused-ring (bicyclic) bond motifs is 1. The van der Waals surface area contributed by atoms with Gasteiger partial charge in [-0.3, -0.25) is 0 Å². The summed E-state index contributed by atoms with van der Waals surface area (Å²) in [4.78, 5) is 0. The minimum absolute atomic E-state index is 0.173. The Labute approximate surface area is 109 Å². The van der Waals surface area contributed by atoms with Crippen LogP contribution in [0.4, 0.5) is 0 Å². The van der Waals surface area contributed by atoms with Gasteiger partial charge in [-0.25, -0.2) is 0 Å². The summed E-state index contributed by atoms with van der Waals surface area (Å²) < 4.78 is 11.2. The first kappa shape index (κ1) is 13.2. The van der Waals surface area contributed by atoms with Crippen molar-refractivity contribution >= 4 is 0 Å². The lowest BCUT2D eigenvalue weighted by molar-refractivity contribution is -0.0105. The van der Waals surface area contributed by atoms with E-state index in [2.05, 4.69) is 30.6 Å². The fourth-order valence-corrected chi connectivity index (χ4v) is 2.39. The number of hydrogen-bond donors (Lipinski definition) is 2. The van der Waals surface area contributed by atoms with Crippen LogP contribution in [0.2, 0.25) is 0 Å². The Morgan fingerprint density at radius 1 is 1.17 bits per heavy atom. The molecule has 3 heterocycles. The second kappa shape index (κ2) is 5.59. The molecule has 0 aromatic heterocycles. The van der Waals surface area contributed by atoms with Gasteiger partial charge in [0.1, 0.15) is 6.17 Å². The van der Waals surface area contributed by atoms with Crippen LogP contribution in [0.5, 0.6) is 0 Å². The van der Waals surface area contributed by atoms with E-state index >= 15 is 0 Å². The molecule has 3 aliphatic heterocycles. The van der Waals surface area contributed by atoms with Crippen LogP contribution in [-0.2, 0) is 9.47 Å². The van der Waals surface area contributed by atoms with E-state index in [1.54, 1.807) is 0 Å². The van der Waals surface area contributed by atoms with Gasteiger partial charge in [-0.1, -0.05) is 13.8 Å². The van der Waals surface area contributed by atoms with Crippen molar-refractivity contribution in [3.05, 3.63) is 34.7 Å². The van der Waals surface area contributed by atoms with Gasteiger partial charge in [0.25, 0.3) is 0 Å². The summed E-state index contributed by atoms with van der Waals surface area (Å²) in [5.74, 6) is 0. The van der Waals surface area contributed by atoms with E-state index in [-0.39, 0.29) is 12.5 Å². The smallest absolute Gasteiger partial charge is 0.184 e. The van der Waals surface area contributed by atoms with Crippen molar-refractivity contribution < 1.29 is 9.47 Å². The molecular formula is C14H22N2O2. The molecule has 0 aromatic carbocycles. The summed E-state index contributed by atoms with van der Waals surface area (Å²) in [5.41, 5.74) is 4.77. The molecule has 100 valence electrons. The van der Waals surface area contributed by atoms with Crippen LogP contribution in [0.25, 0.3) is 0 Å². The molecule has 0 saturated carbocycles. The first-order chi connectivity index (χ1) is 8.75. The quantitative estimate of drug-likeness (QED) is 0.747. The Balaban J connectivity index is 0.000000574. The number of rotatable bonds is 1. The van der Waals surface area contributed by atoms with E-state index in [0.717, 1.165) is 0 Å². The first-order valence-corrected chi connectivity index (χ1v) is 6.61. The van der Waals surface area contributed by atoms with Gasteiger partial charge in [-0.15, -0.1) is 0 Å². The molecule has 0 spiro atoms. The topological polar surface area (TPSA) is 42.5 Å². The summed E-state index contributed by atoms with van der Waals surface area (Å²) in [5, 5.41) is 6.69. The van der Waals surface area contributed by atoms with E-state index in [9.17, 15) is 0 Å². The monoisotopic (exact) mass is 250 g/mol. The fraction of sp³-hybridized carbons (Fsp3) is 0.571. The summed E-state index contributed by atoms with van der Waals surface area (Å²) >= 11 is 0. The highest BCUT2D eigenvalue weighted by molar-refractivity contribution is 5.49. The lowest BCUT2D eigenvalue weighted by Crippen LogP contribution is -2.39. The fourth-order valence-electron chi connectivity index (χ4n) is 2.39. The Morgan fingerprint density at radius 3 is 2.50 bits per heavy atom. The first-order valence-electron chi connectivity index (χ1n) is 6.61. The summed E-state index contributed by atoms with van der Waals surface area (Å²) in [7, 11) is 0. The zero-order valence-electron chi connectivity index (χ0n) is 11.5. The maximum Gasteiger partial charge on any atom is 0.184 e. The van der Waals surface area contributed by atoms with Gasteiger partial charge < -0.3 is 20.1 Å². The van der Waals surface area contributed by atoms with Crippen molar-refractivity contribution in [2.75, 3.05) is 13.2 Å². The second-order valence-corrected chi connectivity index (χ2v) is 4.34. The molecule has 3 aliphatic rings. The van der Waals surface area contributed by atoms with Crippen LogP contribution in [0, 0.1) is 0 Å². The van der Waals surface area contributed by atoms with Crippen LogP contribution in [-0.4, -0.2) is 25.7 Å². The molecule has 0 radical (unpaired) electrons. The lowest BCUT2D eigenvalue weighted by atomic mass is 9.97. The molecule has 3 rings (SSSR count). The molecular weight excluding hydrogens is 228 g/mol. The van der Waals surface area contributed by atoms with Gasteiger partial charge in [0.05, 0.1) is 13.2 Å². The minimum Gasteiger partial charge on any atom is -0.367 e. The van der Waals surface area contributed by atoms with Gasteiger partial charge in [-0.05, 0) is 25.5 Å². The molecule has 0 bridgehead atoms. The lowest BCUT2D eigenvalue weighted by Gasteiger charge is -2.26. The highest BCUT2D eigenvalue weighted by atomic mass is 16.7. The summed E-state index contributed by atoms with van der Waals surface area (Å²) in [6, 6.07) is 0. The van der Waals surface area contributed by atoms with E-state index in [1.165, 1.54) is 22.4 Å². The highest BCUT2D eigenvalue weighted by Gasteiger charge is 2.32. The number of ether oxygens (including phenoxy) is 2. The molecule has 1 atom stereocenters. The van der Waals surface area contributed by atoms with Crippen LogP contribution >= 0.6 is 0 Å². The average molecular weight is 250 g/mol. The normalized spacial score (nSPS) is 26.6. The molecule has 1 fully saturated rings. The highest BCUT2D eigenvalue weighted by Crippen LogP contribution is 2.31. The van der Waals surface area contributed by atoms with Crippen molar-refractivity contribution in [3.63, 3.8) is 0 Å². The minimum atomic E-state index is -0.195. The van der Waals surface area contributed by atoms with Gasteiger partial charge >= 0.3 is 0 Å². The number of allylic oxidation sites excluding steroid dienone is 1. The van der Waals surface area contributed by atoms with Crippen molar-refractivity contribution in [1.29, 1.82) is 0 Å². The molecule has 18 heavy (non-hydrogen) atoms. The van der Waals surface area contributed by atoms with Crippen LogP contribution in [0.15, 0.2) is 34.7 Å². The Bertz CT molecular complexity index is 404. The van der Waals surface area contributed by atoms with Crippen LogP contribution in [0.1, 0.15) is 27.7 Å². The Hall–Kier alpha value is -1.26. The standard InChI is InChI=1S/C12H16N2O2.C2H6/c1-7-6-13-11-9(5-8(2)14-11)10(7)12-15-3-4-16-12;1-2/h5-6,11-14H,3-4H2,1-2H3;1-2H3. The third kappa shape index (κ3) is 2.31. The predicted molar refractivity (Wildman–Crippen MR) is 71.6 cm³/mol. The zero-order valence-corrected chi connectivity index (χ0v) is 11.5. The third-order valence-electron chi connectivity index (χ3n) is 3.11. The van der Waals surface area contributed by atoms with E-state index in [1.807, 2.05) is 20.0 Å².